The molecular weight excluding hydrogens is 390 g/mol. The second-order valence-corrected chi connectivity index (χ2v) is 6.63. The molecule has 0 aliphatic carbocycles. The van der Waals surface area contributed by atoms with E-state index in [1.165, 1.54) is 6.21 Å². The average Bonchev–Trinajstić information content (AvgIpc) is 3.02. The van der Waals surface area contributed by atoms with Gasteiger partial charge in [-0.1, -0.05) is 60.1 Å². The van der Waals surface area contributed by atoms with Gasteiger partial charge in [-0.2, -0.15) is 10.2 Å². The highest BCUT2D eigenvalue weighted by Gasteiger charge is 2.13. The van der Waals surface area contributed by atoms with Crippen molar-refractivity contribution in [2.45, 2.75) is 13.3 Å². The van der Waals surface area contributed by atoms with Crippen molar-refractivity contribution in [3.8, 4) is 5.69 Å². The molecule has 3 rings (SSSR count). The van der Waals surface area contributed by atoms with E-state index in [4.69, 9.17) is 11.6 Å². The lowest BCUT2D eigenvalue weighted by Gasteiger charge is -2.04. The van der Waals surface area contributed by atoms with E-state index in [0.717, 1.165) is 11.3 Å². The monoisotopic (exact) mass is 409 g/mol. The summed E-state index contributed by atoms with van der Waals surface area (Å²) >= 11 is 6.40. The molecule has 0 aliphatic rings. The van der Waals surface area contributed by atoms with Gasteiger partial charge in [0.15, 0.2) is 0 Å². The highest BCUT2D eigenvalue weighted by Crippen LogP contribution is 2.21. The molecule has 7 nitrogen and oxygen atoms in total. The third-order valence-electron chi connectivity index (χ3n) is 4.09. The van der Waals surface area contributed by atoms with Gasteiger partial charge in [-0.3, -0.25) is 9.59 Å². The molecule has 0 fully saturated rings. The van der Waals surface area contributed by atoms with Gasteiger partial charge in [0.2, 0.25) is 5.91 Å². The molecule has 3 aromatic rings. The number of para-hydroxylation sites is 1. The second-order valence-electron chi connectivity index (χ2n) is 6.27. The Morgan fingerprint density at radius 3 is 2.41 bits per heavy atom. The fourth-order valence-corrected chi connectivity index (χ4v) is 2.95. The molecule has 0 saturated carbocycles. The van der Waals surface area contributed by atoms with Crippen LogP contribution in [0.1, 0.15) is 16.8 Å². The first-order valence-electron chi connectivity index (χ1n) is 8.97. The standard InChI is InChI=1S/C21H20ClN5O2/c1-15-18(21(22)27(26-15)17-10-6-3-7-11-17)13-24-25-20(29)14-23-19(28)12-16-8-4-2-5-9-16/h2-11,13H,12,14H2,1H3,(H,23,28)(H,25,29)/b24-13-. The summed E-state index contributed by atoms with van der Waals surface area (Å²) < 4.78 is 1.60. The first-order chi connectivity index (χ1) is 14.0. The number of aryl methyl sites for hydroxylation is 1. The van der Waals surface area contributed by atoms with Gasteiger partial charge >= 0.3 is 0 Å². The maximum atomic E-state index is 11.9. The van der Waals surface area contributed by atoms with Crippen LogP contribution in [0.3, 0.4) is 0 Å². The Bertz CT molecular complexity index is 1020. The summed E-state index contributed by atoms with van der Waals surface area (Å²) in [5.74, 6) is -0.676. The van der Waals surface area contributed by atoms with E-state index in [9.17, 15) is 9.59 Å². The summed E-state index contributed by atoms with van der Waals surface area (Å²) in [6.07, 6.45) is 1.65. The van der Waals surface area contributed by atoms with Gasteiger partial charge in [-0.05, 0) is 24.6 Å². The van der Waals surface area contributed by atoms with Gasteiger partial charge in [0.25, 0.3) is 5.91 Å². The molecule has 8 heteroatoms. The average molecular weight is 410 g/mol. The molecule has 0 saturated heterocycles. The number of carbonyl (C=O) groups excluding carboxylic acids is 2. The van der Waals surface area contributed by atoms with Crippen molar-refractivity contribution in [2.75, 3.05) is 6.54 Å². The first-order valence-corrected chi connectivity index (χ1v) is 9.35. The number of nitrogens with one attached hydrogen (secondary N) is 2. The topological polar surface area (TPSA) is 88.4 Å². The Kier molecular flexibility index (Phi) is 6.76. The molecule has 0 aliphatic heterocycles. The van der Waals surface area contributed by atoms with E-state index in [-0.39, 0.29) is 18.9 Å². The Labute approximate surface area is 173 Å². The number of aromatic nitrogens is 2. The molecule has 0 atom stereocenters. The molecule has 2 aromatic carbocycles. The highest BCUT2D eigenvalue weighted by atomic mass is 35.5. The van der Waals surface area contributed by atoms with Crippen molar-refractivity contribution in [2.24, 2.45) is 5.10 Å². The van der Waals surface area contributed by atoms with Crippen LogP contribution < -0.4 is 10.7 Å². The number of carbonyl (C=O) groups is 2. The number of halogens is 1. The maximum Gasteiger partial charge on any atom is 0.259 e. The van der Waals surface area contributed by atoms with E-state index >= 15 is 0 Å². The number of benzene rings is 2. The minimum atomic E-state index is -0.438. The molecule has 1 heterocycles. The smallest absolute Gasteiger partial charge is 0.259 e. The molecule has 2 amide bonds. The molecule has 0 spiro atoms. The molecule has 0 radical (unpaired) electrons. The Balaban J connectivity index is 1.53. The summed E-state index contributed by atoms with van der Waals surface area (Å²) in [7, 11) is 0. The van der Waals surface area contributed by atoms with Crippen LogP contribution in [0.4, 0.5) is 0 Å². The van der Waals surface area contributed by atoms with Crippen molar-refractivity contribution < 1.29 is 9.59 Å². The van der Waals surface area contributed by atoms with Crippen LogP contribution in [-0.2, 0) is 16.0 Å². The van der Waals surface area contributed by atoms with E-state index in [2.05, 4.69) is 20.9 Å². The van der Waals surface area contributed by atoms with Crippen LogP contribution >= 0.6 is 11.6 Å². The third kappa shape index (κ3) is 5.52. The summed E-state index contributed by atoms with van der Waals surface area (Å²) in [4.78, 5) is 23.8. The minimum absolute atomic E-state index is 0.168. The second kappa shape index (κ2) is 9.66. The predicted octanol–water partition coefficient (Wildman–Crippen LogP) is 2.64. The number of hydrogen-bond acceptors (Lipinski definition) is 4. The third-order valence-corrected chi connectivity index (χ3v) is 4.45. The highest BCUT2D eigenvalue weighted by molar-refractivity contribution is 6.32. The van der Waals surface area contributed by atoms with Crippen LogP contribution in [-0.4, -0.2) is 34.4 Å². The Morgan fingerprint density at radius 1 is 1.07 bits per heavy atom. The van der Waals surface area contributed by atoms with Gasteiger partial charge in [0, 0.05) is 0 Å². The van der Waals surface area contributed by atoms with E-state index < -0.39 is 5.91 Å². The quantitative estimate of drug-likeness (QED) is 0.464. The predicted molar refractivity (Wildman–Crippen MR) is 112 cm³/mol. The summed E-state index contributed by atoms with van der Waals surface area (Å²) in [6.45, 7) is 1.64. The van der Waals surface area contributed by atoms with Gasteiger partial charge in [0.05, 0.1) is 36.1 Å². The maximum absolute atomic E-state index is 11.9. The van der Waals surface area contributed by atoms with Crippen LogP contribution in [0, 0.1) is 6.92 Å². The van der Waals surface area contributed by atoms with Gasteiger partial charge in [-0.25, -0.2) is 10.1 Å². The Hall–Kier alpha value is -3.45. The van der Waals surface area contributed by atoms with Gasteiger partial charge in [-0.15, -0.1) is 0 Å². The number of amides is 2. The van der Waals surface area contributed by atoms with Crippen LogP contribution in [0.2, 0.25) is 5.15 Å². The molecule has 0 unspecified atom stereocenters. The van der Waals surface area contributed by atoms with Crippen molar-refractivity contribution >= 4 is 29.6 Å². The normalized spacial score (nSPS) is 10.8. The molecule has 29 heavy (non-hydrogen) atoms. The Morgan fingerprint density at radius 2 is 1.72 bits per heavy atom. The summed E-state index contributed by atoms with van der Waals surface area (Å²) in [5.41, 5.74) is 5.35. The lowest BCUT2D eigenvalue weighted by molar-refractivity contribution is -0.125. The number of hydrogen-bond donors (Lipinski definition) is 2. The van der Waals surface area contributed by atoms with Crippen LogP contribution in [0.5, 0.6) is 0 Å². The summed E-state index contributed by atoms with van der Waals surface area (Å²) in [6, 6.07) is 18.8. The van der Waals surface area contributed by atoms with Gasteiger partial charge < -0.3 is 5.32 Å². The first kappa shape index (κ1) is 20.3. The van der Waals surface area contributed by atoms with Crippen LogP contribution in [0.25, 0.3) is 5.69 Å². The fourth-order valence-electron chi connectivity index (χ4n) is 2.63. The fraction of sp³-hybridized carbons (Fsp3) is 0.143. The number of nitrogens with zero attached hydrogens (tertiary/aromatic N) is 3. The number of rotatable bonds is 7. The lowest BCUT2D eigenvalue weighted by Crippen LogP contribution is -2.35. The van der Waals surface area contributed by atoms with Crippen molar-refractivity contribution in [3.63, 3.8) is 0 Å². The minimum Gasteiger partial charge on any atom is -0.347 e. The van der Waals surface area contributed by atoms with Crippen molar-refractivity contribution in [3.05, 3.63) is 82.6 Å². The molecule has 148 valence electrons. The van der Waals surface area contributed by atoms with E-state index in [0.29, 0.717) is 16.4 Å². The SMILES string of the molecule is Cc1nn(-c2ccccc2)c(Cl)c1/C=N\NC(=O)CNC(=O)Cc1ccccc1. The van der Waals surface area contributed by atoms with Crippen molar-refractivity contribution in [1.29, 1.82) is 0 Å². The lowest BCUT2D eigenvalue weighted by atomic mass is 10.1. The van der Waals surface area contributed by atoms with E-state index in [1.54, 1.807) is 11.6 Å². The molecule has 1 aromatic heterocycles. The zero-order chi connectivity index (χ0) is 20.6. The largest absolute Gasteiger partial charge is 0.347 e. The number of hydrazone groups is 1. The zero-order valence-corrected chi connectivity index (χ0v) is 16.6. The summed E-state index contributed by atoms with van der Waals surface area (Å²) in [5, 5.41) is 11.3. The zero-order valence-electron chi connectivity index (χ0n) is 15.8. The molecular formula is C21H20ClN5O2. The van der Waals surface area contributed by atoms with Crippen LogP contribution in [0.15, 0.2) is 65.8 Å². The molecule has 2 N–H and O–H groups in total. The van der Waals surface area contributed by atoms with Gasteiger partial charge in [0.1, 0.15) is 5.15 Å². The van der Waals surface area contributed by atoms with Crippen molar-refractivity contribution in [1.82, 2.24) is 20.5 Å². The van der Waals surface area contributed by atoms with E-state index in [1.807, 2.05) is 60.7 Å². The molecule has 0 bridgehead atoms.